The molecule has 112 valence electrons. The second-order valence-electron chi connectivity index (χ2n) is 4.82. The van der Waals surface area contributed by atoms with Gasteiger partial charge in [-0.15, -0.1) is 11.8 Å². The molecule has 0 heterocycles. The zero-order valence-electron chi connectivity index (χ0n) is 12.2. The van der Waals surface area contributed by atoms with Gasteiger partial charge < -0.3 is 0 Å². The number of thioether (sulfide) groups is 1. The van der Waals surface area contributed by atoms with Crippen LogP contribution in [0.3, 0.4) is 0 Å². The van der Waals surface area contributed by atoms with E-state index in [1.54, 1.807) is 11.8 Å². The quantitative estimate of drug-likeness (QED) is 0.220. The van der Waals surface area contributed by atoms with Crippen molar-refractivity contribution >= 4 is 28.2 Å². The first kappa shape index (κ1) is 16.6. The SMILES string of the molecule is [N-]=[N+]=NCCCc1ccc(C(=S)SCc2ccccc2)cc1. The van der Waals surface area contributed by atoms with E-state index in [1.165, 1.54) is 11.1 Å². The molecule has 0 saturated carbocycles. The number of benzene rings is 2. The highest BCUT2D eigenvalue weighted by atomic mass is 32.2. The lowest BCUT2D eigenvalue weighted by molar-refractivity contribution is 0.827. The third-order valence-electron chi connectivity index (χ3n) is 3.19. The summed E-state index contributed by atoms with van der Waals surface area (Å²) in [6, 6.07) is 18.7. The summed E-state index contributed by atoms with van der Waals surface area (Å²) in [7, 11) is 0. The van der Waals surface area contributed by atoms with Gasteiger partial charge in [0.2, 0.25) is 0 Å². The van der Waals surface area contributed by atoms with Crippen LogP contribution in [0.15, 0.2) is 59.7 Å². The zero-order valence-corrected chi connectivity index (χ0v) is 13.8. The molecule has 3 nitrogen and oxygen atoms in total. The Kier molecular flexibility index (Phi) is 6.97. The van der Waals surface area contributed by atoms with Gasteiger partial charge in [0.1, 0.15) is 0 Å². The van der Waals surface area contributed by atoms with Crippen LogP contribution in [-0.2, 0) is 12.2 Å². The standard InChI is InChI=1S/C17H17N3S2/c18-20-19-12-4-7-14-8-10-16(11-9-14)17(21)22-13-15-5-2-1-3-6-15/h1-3,5-6,8-11H,4,7,12-13H2. The summed E-state index contributed by atoms with van der Waals surface area (Å²) in [5.74, 6) is 0.896. The van der Waals surface area contributed by atoms with Gasteiger partial charge in [-0.1, -0.05) is 71.9 Å². The van der Waals surface area contributed by atoms with Gasteiger partial charge in [0.25, 0.3) is 0 Å². The van der Waals surface area contributed by atoms with Gasteiger partial charge in [-0.25, -0.2) is 0 Å². The van der Waals surface area contributed by atoms with Crippen LogP contribution in [0.2, 0.25) is 0 Å². The van der Waals surface area contributed by atoms with Crippen molar-refractivity contribution in [3.63, 3.8) is 0 Å². The molecule has 0 amide bonds. The maximum Gasteiger partial charge on any atom is 0.0781 e. The Morgan fingerprint density at radius 2 is 1.77 bits per heavy atom. The minimum Gasteiger partial charge on any atom is -0.109 e. The molecule has 22 heavy (non-hydrogen) atoms. The van der Waals surface area contributed by atoms with Crippen LogP contribution < -0.4 is 0 Å². The Morgan fingerprint density at radius 3 is 2.45 bits per heavy atom. The number of hydrogen-bond acceptors (Lipinski definition) is 3. The fraction of sp³-hybridized carbons (Fsp3) is 0.235. The highest BCUT2D eigenvalue weighted by Gasteiger charge is 2.03. The topological polar surface area (TPSA) is 48.8 Å². The van der Waals surface area contributed by atoms with Crippen molar-refractivity contribution in [2.75, 3.05) is 6.54 Å². The Morgan fingerprint density at radius 1 is 1.05 bits per heavy atom. The zero-order chi connectivity index (χ0) is 15.6. The maximum absolute atomic E-state index is 8.24. The molecule has 0 N–H and O–H groups in total. The first-order chi connectivity index (χ1) is 10.8. The van der Waals surface area contributed by atoms with Gasteiger partial charge in [-0.3, -0.25) is 0 Å². The summed E-state index contributed by atoms with van der Waals surface area (Å²) >= 11 is 7.18. The third kappa shape index (κ3) is 5.53. The van der Waals surface area contributed by atoms with E-state index in [-0.39, 0.29) is 0 Å². The molecular formula is C17H17N3S2. The predicted octanol–water partition coefficient (Wildman–Crippen LogP) is 5.54. The highest BCUT2D eigenvalue weighted by molar-refractivity contribution is 8.23. The molecule has 2 rings (SSSR count). The largest absolute Gasteiger partial charge is 0.109 e. The van der Waals surface area contributed by atoms with E-state index in [0.717, 1.165) is 28.4 Å². The normalized spacial score (nSPS) is 10.0. The van der Waals surface area contributed by atoms with Crippen molar-refractivity contribution in [2.45, 2.75) is 18.6 Å². The van der Waals surface area contributed by atoms with Gasteiger partial charge in [-0.2, -0.15) is 0 Å². The summed E-state index contributed by atoms with van der Waals surface area (Å²) in [5, 5.41) is 3.54. The van der Waals surface area contributed by atoms with E-state index in [1.807, 2.05) is 18.2 Å². The van der Waals surface area contributed by atoms with Crippen LogP contribution in [-0.4, -0.2) is 10.7 Å². The first-order valence-electron chi connectivity index (χ1n) is 7.10. The second-order valence-corrected chi connectivity index (χ2v) is 6.47. The molecule has 0 aromatic heterocycles. The highest BCUT2D eigenvalue weighted by Crippen LogP contribution is 2.19. The van der Waals surface area contributed by atoms with Crippen molar-refractivity contribution in [1.29, 1.82) is 0 Å². The van der Waals surface area contributed by atoms with Crippen LogP contribution >= 0.6 is 24.0 Å². The van der Waals surface area contributed by atoms with Crippen molar-refractivity contribution in [3.05, 3.63) is 81.7 Å². The van der Waals surface area contributed by atoms with E-state index < -0.39 is 0 Å². The molecule has 0 aliphatic carbocycles. The number of aryl methyl sites for hydroxylation is 1. The molecule has 0 unspecified atom stereocenters. The van der Waals surface area contributed by atoms with Crippen LogP contribution in [0.1, 0.15) is 23.1 Å². The summed E-state index contributed by atoms with van der Waals surface area (Å²) in [6.07, 6.45) is 1.79. The molecule has 5 heteroatoms. The second kappa shape index (κ2) is 9.26. The summed E-state index contributed by atoms with van der Waals surface area (Å²) in [4.78, 5) is 2.75. The third-order valence-corrected chi connectivity index (χ3v) is 4.75. The molecule has 2 aromatic rings. The Balaban J connectivity index is 1.84. The van der Waals surface area contributed by atoms with Crippen LogP contribution in [0, 0.1) is 0 Å². The van der Waals surface area contributed by atoms with E-state index in [9.17, 15) is 0 Å². The fourth-order valence-corrected chi connectivity index (χ4v) is 3.12. The average Bonchev–Trinajstić information content (AvgIpc) is 2.58. The number of hydrogen-bond donors (Lipinski definition) is 0. The average molecular weight is 327 g/mol. The molecule has 0 radical (unpaired) electrons. The lowest BCUT2D eigenvalue weighted by Gasteiger charge is -2.06. The van der Waals surface area contributed by atoms with Gasteiger partial charge in [0.15, 0.2) is 0 Å². The Labute approximate surface area is 140 Å². The molecule has 0 aliphatic rings. The summed E-state index contributed by atoms with van der Waals surface area (Å²) in [5.41, 5.74) is 11.9. The molecule has 0 aliphatic heterocycles. The van der Waals surface area contributed by atoms with E-state index in [0.29, 0.717) is 6.54 Å². The summed E-state index contributed by atoms with van der Waals surface area (Å²) in [6.45, 7) is 0.545. The predicted molar refractivity (Wildman–Crippen MR) is 98.2 cm³/mol. The minimum atomic E-state index is 0.545. The van der Waals surface area contributed by atoms with Crippen LogP contribution in [0.25, 0.3) is 10.4 Å². The Bertz CT molecular complexity index is 647. The summed E-state index contributed by atoms with van der Waals surface area (Å²) < 4.78 is 0.921. The minimum absolute atomic E-state index is 0.545. The molecular weight excluding hydrogens is 310 g/mol. The van der Waals surface area contributed by atoms with Gasteiger partial charge >= 0.3 is 0 Å². The van der Waals surface area contributed by atoms with Crippen molar-refractivity contribution in [2.24, 2.45) is 5.11 Å². The van der Waals surface area contributed by atoms with Gasteiger partial charge in [-0.05, 0) is 35.1 Å². The first-order valence-corrected chi connectivity index (χ1v) is 8.50. The number of nitrogens with zero attached hydrogens (tertiary/aromatic N) is 3. The van der Waals surface area contributed by atoms with Crippen molar-refractivity contribution < 1.29 is 0 Å². The maximum atomic E-state index is 8.24. The molecule has 0 saturated heterocycles. The molecule has 0 fully saturated rings. The lowest BCUT2D eigenvalue weighted by atomic mass is 10.1. The number of rotatable bonds is 7. The van der Waals surface area contributed by atoms with E-state index >= 15 is 0 Å². The lowest BCUT2D eigenvalue weighted by Crippen LogP contribution is -1.94. The number of azide groups is 1. The molecule has 2 aromatic carbocycles. The van der Waals surface area contributed by atoms with Gasteiger partial charge in [0.05, 0.1) is 4.20 Å². The number of thiocarbonyl (C=S) groups is 1. The van der Waals surface area contributed by atoms with Crippen LogP contribution in [0.4, 0.5) is 0 Å². The van der Waals surface area contributed by atoms with Crippen LogP contribution in [0.5, 0.6) is 0 Å². The fourth-order valence-electron chi connectivity index (χ4n) is 2.01. The molecule has 0 atom stereocenters. The van der Waals surface area contributed by atoms with E-state index in [2.05, 4.69) is 46.4 Å². The van der Waals surface area contributed by atoms with Crippen molar-refractivity contribution in [3.8, 4) is 0 Å². The van der Waals surface area contributed by atoms with Gasteiger partial charge in [0, 0.05) is 17.2 Å². The monoisotopic (exact) mass is 327 g/mol. The Hall–Kier alpha value is -1.81. The molecule has 0 spiro atoms. The van der Waals surface area contributed by atoms with Crippen molar-refractivity contribution in [1.82, 2.24) is 0 Å². The van der Waals surface area contributed by atoms with E-state index in [4.69, 9.17) is 17.7 Å². The smallest absolute Gasteiger partial charge is 0.0781 e. The molecule has 0 bridgehead atoms.